The number of imide groups is 1. The Morgan fingerprint density at radius 2 is 1.93 bits per heavy atom. The summed E-state index contributed by atoms with van der Waals surface area (Å²) < 4.78 is 12.0. The number of nitrogens with zero attached hydrogens (tertiary/aromatic N) is 1. The fraction of sp³-hybridized carbons (Fsp3) is 0.200. The molecule has 1 saturated heterocycles. The maximum Gasteiger partial charge on any atom is 0.328 e. The highest BCUT2D eigenvalue weighted by atomic mass is 79.9. The summed E-state index contributed by atoms with van der Waals surface area (Å²) in [4.78, 5) is 25.2. The molecule has 6 nitrogen and oxygen atoms in total. The van der Waals surface area contributed by atoms with E-state index in [1.54, 1.807) is 37.3 Å². The lowest BCUT2D eigenvalue weighted by atomic mass is 10.1. The number of hydrogen-bond donors (Lipinski definition) is 1. The Hall–Kier alpha value is -2.22. The summed E-state index contributed by atoms with van der Waals surface area (Å²) in [5.74, 6) is 0.598. The molecule has 1 aliphatic rings. The van der Waals surface area contributed by atoms with Gasteiger partial charge in [0.25, 0.3) is 5.91 Å². The molecule has 1 N–H and O–H groups in total. The standard InChI is InChI=1S/C20H17BrCl2N2O4/c1-3-25-19(26)16(24-20(25)27)8-12-6-13(21)18(17(9-12)28-2)29-10-11-4-5-14(22)15(23)7-11/h4-9H,3,10H2,1-2H3,(H,24,27)/b16-8+. The second-order valence-electron chi connectivity index (χ2n) is 6.11. The number of benzene rings is 2. The Morgan fingerprint density at radius 1 is 1.17 bits per heavy atom. The summed E-state index contributed by atoms with van der Waals surface area (Å²) in [5, 5.41) is 3.49. The zero-order chi connectivity index (χ0) is 21.1. The summed E-state index contributed by atoms with van der Waals surface area (Å²) in [6.07, 6.45) is 1.59. The van der Waals surface area contributed by atoms with Crippen LogP contribution in [0.2, 0.25) is 10.0 Å². The highest BCUT2D eigenvalue weighted by molar-refractivity contribution is 9.10. The van der Waals surface area contributed by atoms with Crippen LogP contribution < -0.4 is 14.8 Å². The highest BCUT2D eigenvalue weighted by Gasteiger charge is 2.32. The quantitative estimate of drug-likeness (QED) is 0.435. The number of urea groups is 1. The van der Waals surface area contributed by atoms with Crippen LogP contribution in [0.1, 0.15) is 18.1 Å². The summed E-state index contributed by atoms with van der Waals surface area (Å²) in [7, 11) is 1.52. The van der Waals surface area contributed by atoms with Crippen LogP contribution in [-0.4, -0.2) is 30.5 Å². The zero-order valence-corrected chi connectivity index (χ0v) is 18.7. The molecule has 2 aromatic carbocycles. The van der Waals surface area contributed by atoms with Gasteiger partial charge in [-0.05, 0) is 64.3 Å². The monoisotopic (exact) mass is 498 g/mol. The van der Waals surface area contributed by atoms with Crippen LogP contribution in [0.4, 0.5) is 4.79 Å². The fourth-order valence-corrected chi connectivity index (χ4v) is 3.67. The van der Waals surface area contributed by atoms with Crippen LogP contribution in [0.25, 0.3) is 6.08 Å². The van der Waals surface area contributed by atoms with E-state index in [0.29, 0.717) is 38.1 Å². The van der Waals surface area contributed by atoms with Gasteiger partial charge in [0.05, 0.1) is 21.6 Å². The maximum atomic E-state index is 12.3. The smallest absolute Gasteiger partial charge is 0.328 e. The first-order valence-electron chi connectivity index (χ1n) is 8.62. The number of carbonyl (C=O) groups excluding carboxylic acids is 2. The van der Waals surface area contributed by atoms with E-state index in [9.17, 15) is 9.59 Å². The normalized spacial score (nSPS) is 15.1. The molecule has 0 unspecified atom stereocenters. The molecule has 0 radical (unpaired) electrons. The van der Waals surface area contributed by atoms with Crippen LogP contribution >= 0.6 is 39.1 Å². The van der Waals surface area contributed by atoms with Gasteiger partial charge in [-0.3, -0.25) is 9.69 Å². The third kappa shape index (κ3) is 4.69. The molecule has 0 aromatic heterocycles. The second kappa shape index (κ2) is 9.07. The van der Waals surface area contributed by atoms with E-state index in [4.69, 9.17) is 32.7 Å². The first kappa shape index (κ1) is 21.5. The Balaban J connectivity index is 1.84. The number of nitrogens with one attached hydrogen (secondary N) is 1. The van der Waals surface area contributed by atoms with E-state index in [1.165, 1.54) is 7.11 Å². The molecule has 9 heteroatoms. The van der Waals surface area contributed by atoms with Gasteiger partial charge in [-0.25, -0.2) is 4.79 Å². The van der Waals surface area contributed by atoms with Crippen molar-refractivity contribution in [3.63, 3.8) is 0 Å². The second-order valence-corrected chi connectivity index (χ2v) is 7.78. The molecule has 1 aliphatic heterocycles. The first-order valence-corrected chi connectivity index (χ1v) is 10.2. The molecule has 29 heavy (non-hydrogen) atoms. The lowest BCUT2D eigenvalue weighted by Crippen LogP contribution is -2.30. The summed E-state index contributed by atoms with van der Waals surface area (Å²) in [6, 6.07) is 8.31. The van der Waals surface area contributed by atoms with Crippen molar-refractivity contribution in [1.82, 2.24) is 10.2 Å². The predicted octanol–water partition coefficient (Wildman–Crippen LogP) is 5.26. The van der Waals surface area contributed by atoms with Crippen molar-refractivity contribution in [3.8, 4) is 11.5 Å². The molecule has 0 aliphatic carbocycles. The van der Waals surface area contributed by atoms with Crippen molar-refractivity contribution in [3.05, 3.63) is 61.7 Å². The molecule has 0 saturated carbocycles. The average molecular weight is 500 g/mol. The lowest BCUT2D eigenvalue weighted by Gasteiger charge is -2.14. The van der Waals surface area contributed by atoms with Crippen molar-refractivity contribution in [1.29, 1.82) is 0 Å². The predicted molar refractivity (Wildman–Crippen MR) is 115 cm³/mol. The molecule has 0 bridgehead atoms. The van der Waals surface area contributed by atoms with Crippen molar-refractivity contribution >= 4 is 57.1 Å². The topological polar surface area (TPSA) is 67.9 Å². The van der Waals surface area contributed by atoms with Gasteiger partial charge in [0.1, 0.15) is 12.3 Å². The van der Waals surface area contributed by atoms with Crippen LogP contribution in [0.5, 0.6) is 11.5 Å². The minimum atomic E-state index is -0.434. The molecule has 2 aromatic rings. The third-order valence-corrected chi connectivity index (χ3v) is 5.54. The van der Waals surface area contributed by atoms with Crippen LogP contribution in [-0.2, 0) is 11.4 Å². The first-order chi connectivity index (χ1) is 13.8. The molecule has 0 atom stereocenters. The largest absolute Gasteiger partial charge is 0.493 e. The van der Waals surface area contributed by atoms with Crippen molar-refractivity contribution < 1.29 is 19.1 Å². The van der Waals surface area contributed by atoms with E-state index < -0.39 is 6.03 Å². The highest BCUT2D eigenvalue weighted by Crippen LogP contribution is 2.38. The fourth-order valence-electron chi connectivity index (χ4n) is 2.77. The average Bonchev–Trinajstić information content (AvgIpc) is 2.95. The number of amides is 3. The molecule has 1 fully saturated rings. The van der Waals surface area contributed by atoms with Gasteiger partial charge in [-0.1, -0.05) is 29.3 Å². The van der Waals surface area contributed by atoms with Crippen molar-refractivity contribution in [2.45, 2.75) is 13.5 Å². The molecular formula is C20H17BrCl2N2O4. The zero-order valence-electron chi connectivity index (χ0n) is 15.6. The van der Waals surface area contributed by atoms with Crippen LogP contribution in [0, 0.1) is 0 Å². The number of likely N-dealkylation sites (N-methyl/N-ethyl adjacent to an activating group) is 1. The van der Waals surface area contributed by atoms with Gasteiger partial charge >= 0.3 is 6.03 Å². The Bertz CT molecular complexity index is 1010. The molecule has 0 spiro atoms. The molecular weight excluding hydrogens is 483 g/mol. The summed E-state index contributed by atoms with van der Waals surface area (Å²) in [6.45, 7) is 2.29. The van der Waals surface area contributed by atoms with E-state index in [2.05, 4.69) is 21.2 Å². The van der Waals surface area contributed by atoms with Crippen LogP contribution in [0.3, 0.4) is 0 Å². The molecule has 152 valence electrons. The maximum absolute atomic E-state index is 12.3. The van der Waals surface area contributed by atoms with Crippen molar-refractivity contribution in [2.24, 2.45) is 0 Å². The Labute approximate surface area is 186 Å². The van der Waals surface area contributed by atoms with Gasteiger partial charge in [0.15, 0.2) is 11.5 Å². The molecule has 1 heterocycles. The number of rotatable bonds is 6. The minimum absolute atomic E-state index is 0.204. The number of carbonyl (C=O) groups is 2. The lowest BCUT2D eigenvalue weighted by molar-refractivity contribution is -0.122. The number of halogens is 3. The van der Waals surface area contributed by atoms with E-state index in [1.807, 2.05) is 6.07 Å². The van der Waals surface area contributed by atoms with Crippen LogP contribution in [0.15, 0.2) is 40.5 Å². The molecule has 3 rings (SSSR count). The van der Waals surface area contributed by atoms with E-state index in [0.717, 1.165) is 10.5 Å². The van der Waals surface area contributed by atoms with Gasteiger partial charge in [-0.15, -0.1) is 0 Å². The SMILES string of the molecule is CCN1C(=O)N/C(=C/c2cc(Br)c(OCc3ccc(Cl)c(Cl)c3)c(OC)c2)C1=O. The Kier molecular flexibility index (Phi) is 6.72. The van der Waals surface area contributed by atoms with Gasteiger partial charge in [0, 0.05) is 6.54 Å². The Morgan fingerprint density at radius 3 is 2.55 bits per heavy atom. The van der Waals surface area contributed by atoms with E-state index in [-0.39, 0.29) is 18.2 Å². The van der Waals surface area contributed by atoms with Gasteiger partial charge < -0.3 is 14.8 Å². The summed E-state index contributed by atoms with van der Waals surface area (Å²) >= 11 is 15.5. The third-order valence-electron chi connectivity index (χ3n) is 4.21. The van der Waals surface area contributed by atoms with Gasteiger partial charge in [0.2, 0.25) is 0 Å². The molecule has 3 amide bonds. The van der Waals surface area contributed by atoms with Gasteiger partial charge in [-0.2, -0.15) is 0 Å². The van der Waals surface area contributed by atoms with E-state index >= 15 is 0 Å². The minimum Gasteiger partial charge on any atom is -0.493 e. The van der Waals surface area contributed by atoms with Crippen molar-refractivity contribution in [2.75, 3.05) is 13.7 Å². The number of hydrogen-bond acceptors (Lipinski definition) is 4. The number of ether oxygens (including phenoxy) is 2. The summed E-state index contributed by atoms with van der Waals surface area (Å²) in [5.41, 5.74) is 1.71. The number of methoxy groups -OCH3 is 1.